The largest absolute Gasteiger partial charge is 0.465 e. The number of unbranched alkanes of at least 4 members (excludes halogenated alkanes) is 2. The van der Waals surface area contributed by atoms with E-state index < -0.39 is 27.4 Å². The number of ether oxygens (including phenoxy) is 1. The van der Waals surface area contributed by atoms with E-state index in [1.807, 2.05) is 25.1 Å². The lowest BCUT2D eigenvalue weighted by molar-refractivity contribution is -0.154. The minimum atomic E-state index is -0.891. The summed E-state index contributed by atoms with van der Waals surface area (Å²) in [4.78, 5) is 48.5. The van der Waals surface area contributed by atoms with Crippen LogP contribution in [0.1, 0.15) is 59.3 Å². The number of aliphatic hydroxyl groups excluding tert-OH is 1. The van der Waals surface area contributed by atoms with Gasteiger partial charge in [0.1, 0.15) is 6.04 Å². The quantitative estimate of drug-likeness (QED) is 0.254. The zero-order chi connectivity index (χ0) is 29.9. The number of fused-ring (bicyclic) bond motifs is 2. The van der Waals surface area contributed by atoms with E-state index >= 15 is 0 Å². The van der Waals surface area contributed by atoms with Crippen molar-refractivity contribution in [3.05, 3.63) is 48.6 Å². The van der Waals surface area contributed by atoms with E-state index in [1.165, 1.54) is 0 Å². The van der Waals surface area contributed by atoms with Crippen LogP contribution in [-0.2, 0) is 19.1 Å². The predicted octanol–water partition coefficient (Wildman–Crippen LogP) is 4.57. The molecule has 5 rings (SSSR count). The Labute approximate surface area is 254 Å². The lowest BCUT2D eigenvalue weighted by Gasteiger charge is -2.37. The first-order chi connectivity index (χ1) is 20.3. The van der Waals surface area contributed by atoms with Crippen LogP contribution in [0.3, 0.4) is 0 Å². The molecule has 1 N–H and O–H groups in total. The fraction of sp³-hybridized carbons (Fsp3) is 0.606. The van der Waals surface area contributed by atoms with E-state index in [4.69, 9.17) is 4.74 Å². The van der Waals surface area contributed by atoms with Gasteiger partial charge in [-0.25, -0.2) is 0 Å². The standard InChI is InChI=1S/C33H45N3O5S/c1-4-34(5-2)24-14-16-25(17-15-24)35-21-13-19-33-26(29(38)36(28(33)30(35)39)20-10-8-11-22-37)27-31(40)41-23-12-7-6-9-18-32(27,3)42-33/h9,13-19,26-28,37H,4-8,10-12,20-23H2,1-3H3/b18-9-/t26-,27+,28?,32-,33-/m0/s1. The maximum Gasteiger partial charge on any atom is 0.311 e. The lowest BCUT2D eigenvalue weighted by Crippen LogP contribution is -2.53. The monoisotopic (exact) mass is 595 g/mol. The molecule has 8 nitrogen and oxygen atoms in total. The molecule has 1 spiro atoms. The summed E-state index contributed by atoms with van der Waals surface area (Å²) in [5, 5.41) is 9.32. The van der Waals surface area contributed by atoms with E-state index in [0.717, 1.165) is 50.1 Å². The maximum absolute atomic E-state index is 14.7. The van der Waals surface area contributed by atoms with Crippen LogP contribution in [0.5, 0.6) is 0 Å². The van der Waals surface area contributed by atoms with Gasteiger partial charge in [0.15, 0.2) is 0 Å². The van der Waals surface area contributed by atoms with Crippen LogP contribution in [-0.4, -0.2) is 82.7 Å². The number of carbonyl (C=O) groups excluding carboxylic acids is 3. The lowest BCUT2D eigenvalue weighted by atomic mass is 9.74. The molecule has 2 saturated heterocycles. The molecule has 0 aliphatic carbocycles. The van der Waals surface area contributed by atoms with Crippen molar-refractivity contribution >= 4 is 40.9 Å². The molecule has 9 heteroatoms. The number of likely N-dealkylation sites (tertiary alicyclic amines) is 1. The molecule has 4 aliphatic rings. The molecule has 2 amide bonds. The van der Waals surface area contributed by atoms with Gasteiger partial charge in [-0.1, -0.05) is 24.3 Å². The van der Waals surface area contributed by atoms with Crippen LogP contribution in [0.25, 0.3) is 0 Å². The summed E-state index contributed by atoms with van der Waals surface area (Å²) in [5.41, 5.74) is 1.90. The zero-order valence-corrected chi connectivity index (χ0v) is 26.0. The Morgan fingerprint density at radius 3 is 2.45 bits per heavy atom. The van der Waals surface area contributed by atoms with E-state index in [-0.39, 0.29) is 24.4 Å². The number of rotatable bonds is 9. The maximum atomic E-state index is 14.7. The van der Waals surface area contributed by atoms with Gasteiger partial charge in [0, 0.05) is 48.9 Å². The fourth-order valence-corrected chi connectivity index (χ4v) is 9.43. The summed E-state index contributed by atoms with van der Waals surface area (Å²) in [7, 11) is 0. The molecular formula is C33H45N3O5S. The number of aliphatic hydroxyl groups is 1. The highest BCUT2D eigenvalue weighted by Gasteiger charge is 2.73. The smallest absolute Gasteiger partial charge is 0.311 e. The number of carbonyl (C=O) groups is 3. The number of esters is 1. The average molecular weight is 596 g/mol. The van der Waals surface area contributed by atoms with Crippen molar-refractivity contribution < 1.29 is 24.2 Å². The van der Waals surface area contributed by atoms with E-state index in [2.05, 4.69) is 49.1 Å². The van der Waals surface area contributed by atoms with E-state index in [9.17, 15) is 19.5 Å². The summed E-state index contributed by atoms with van der Waals surface area (Å²) in [6.07, 6.45) is 13.0. The van der Waals surface area contributed by atoms with Gasteiger partial charge in [0.05, 0.1) is 23.2 Å². The highest BCUT2D eigenvalue weighted by Crippen LogP contribution is 2.65. The van der Waals surface area contributed by atoms with Crippen molar-refractivity contribution in [2.24, 2.45) is 11.8 Å². The Kier molecular flexibility index (Phi) is 9.38. The third-order valence-electron chi connectivity index (χ3n) is 9.35. The van der Waals surface area contributed by atoms with Gasteiger partial charge in [-0.15, -0.1) is 11.8 Å². The number of amides is 2. The number of hydrogen-bond donors (Lipinski definition) is 1. The van der Waals surface area contributed by atoms with Crippen LogP contribution in [0.15, 0.2) is 48.6 Å². The molecule has 42 heavy (non-hydrogen) atoms. The molecule has 0 radical (unpaired) electrons. The van der Waals surface area contributed by atoms with Crippen LogP contribution >= 0.6 is 11.8 Å². The minimum Gasteiger partial charge on any atom is -0.465 e. The average Bonchev–Trinajstić information content (AvgIpc) is 3.31. The zero-order valence-electron chi connectivity index (χ0n) is 25.2. The molecule has 5 atom stereocenters. The van der Waals surface area contributed by atoms with Crippen molar-refractivity contribution in [1.29, 1.82) is 0 Å². The summed E-state index contributed by atoms with van der Waals surface area (Å²) >= 11 is 1.59. The van der Waals surface area contributed by atoms with Gasteiger partial charge in [-0.05, 0) is 83.6 Å². The minimum absolute atomic E-state index is 0.0946. The molecule has 0 bridgehead atoms. The second kappa shape index (κ2) is 12.8. The van der Waals surface area contributed by atoms with E-state index in [0.29, 0.717) is 32.5 Å². The Morgan fingerprint density at radius 2 is 1.74 bits per heavy atom. The van der Waals surface area contributed by atoms with Crippen LogP contribution < -0.4 is 9.80 Å². The van der Waals surface area contributed by atoms with Crippen molar-refractivity contribution in [3.8, 4) is 0 Å². The summed E-state index contributed by atoms with van der Waals surface area (Å²) in [6, 6.07) is 7.33. The number of anilines is 2. The third-order valence-corrected chi connectivity index (χ3v) is 11.1. The molecule has 0 saturated carbocycles. The normalized spacial score (nSPS) is 31.7. The van der Waals surface area contributed by atoms with Crippen LogP contribution in [0.2, 0.25) is 0 Å². The Hall–Kier alpha value is -2.78. The van der Waals surface area contributed by atoms with Crippen molar-refractivity contribution in [1.82, 2.24) is 4.90 Å². The second-order valence-electron chi connectivity index (χ2n) is 11.9. The summed E-state index contributed by atoms with van der Waals surface area (Å²) in [5.74, 6) is -2.00. The third kappa shape index (κ3) is 5.39. The molecular weight excluding hydrogens is 550 g/mol. The van der Waals surface area contributed by atoms with Gasteiger partial charge < -0.3 is 24.5 Å². The van der Waals surface area contributed by atoms with Gasteiger partial charge in [0.2, 0.25) is 5.91 Å². The predicted molar refractivity (Wildman–Crippen MR) is 168 cm³/mol. The second-order valence-corrected chi connectivity index (χ2v) is 13.7. The first-order valence-electron chi connectivity index (χ1n) is 15.6. The Balaban J connectivity index is 1.55. The molecule has 4 heterocycles. The Morgan fingerprint density at radius 1 is 0.976 bits per heavy atom. The molecule has 1 aromatic rings. The van der Waals surface area contributed by atoms with Gasteiger partial charge >= 0.3 is 5.97 Å². The molecule has 228 valence electrons. The van der Waals surface area contributed by atoms with Crippen LogP contribution in [0.4, 0.5) is 11.4 Å². The van der Waals surface area contributed by atoms with Crippen molar-refractivity contribution in [2.75, 3.05) is 49.2 Å². The van der Waals surface area contributed by atoms with E-state index in [1.54, 1.807) is 21.6 Å². The summed E-state index contributed by atoms with van der Waals surface area (Å²) < 4.78 is 4.20. The Bertz CT molecular complexity index is 1210. The van der Waals surface area contributed by atoms with Crippen molar-refractivity contribution in [2.45, 2.75) is 74.8 Å². The topological polar surface area (TPSA) is 90.4 Å². The van der Waals surface area contributed by atoms with Crippen LogP contribution in [0, 0.1) is 11.8 Å². The number of nitrogens with zero attached hydrogens (tertiary/aromatic N) is 3. The number of allylic oxidation sites excluding steroid dienone is 1. The molecule has 1 unspecified atom stereocenters. The number of hydrogen-bond acceptors (Lipinski definition) is 7. The van der Waals surface area contributed by atoms with Crippen molar-refractivity contribution in [3.63, 3.8) is 0 Å². The number of cyclic esters (lactones) is 1. The molecule has 2 fully saturated rings. The molecule has 4 aliphatic heterocycles. The summed E-state index contributed by atoms with van der Waals surface area (Å²) in [6.45, 7) is 9.31. The highest BCUT2D eigenvalue weighted by atomic mass is 32.2. The first kappa shape index (κ1) is 30.7. The van der Waals surface area contributed by atoms with Gasteiger partial charge in [0.25, 0.3) is 5.91 Å². The highest BCUT2D eigenvalue weighted by molar-refractivity contribution is 8.02. The van der Waals surface area contributed by atoms with Gasteiger partial charge in [-0.3, -0.25) is 14.4 Å². The number of benzene rings is 1. The SMILES string of the molecule is CCN(CC)c1ccc(N2CC=C[C@]34S[C@@]5(C)/C=C\CCCCOC(=O)[C@H]5[C@H]3C(=O)N(CCCCCO)C4C2=O)cc1. The van der Waals surface area contributed by atoms with Gasteiger partial charge in [-0.2, -0.15) is 0 Å². The number of thioether (sulfide) groups is 1. The molecule has 1 aromatic carbocycles. The molecule has 0 aromatic heterocycles. The fourth-order valence-electron chi connectivity index (χ4n) is 7.27. The first-order valence-corrected chi connectivity index (χ1v) is 16.4.